The minimum Gasteiger partial charge on any atom is -0.478 e. The van der Waals surface area contributed by atoms with Crippen molar-refractivity contribution in [2.45, 2.75) is 39.2 Å². The van der Waals surface area contributed by atoms with Crippen LogP contribution in [0.3, 0.4) is 0 Å². The lowest BCUT2D eigenvalue weighted by Crippen LogP contribution is -2.27. The number of methoxy groups -OCH3 is 1. The van der Waals surface area contributed by atoms with Crippen LogP contribution in [0.2, 0.25) is 0 Å². The highest BCUT2D eigenvalue weighted by molar-refractivity contribution is 6.02. The van der Waals surface area contributed by atoms with Crippen LogP contribution in [0.15, 0.2) is 59.3 Å². The van der Waals surface area contributed by atoms with Gasteiger partial charge in [-0.2, -0.15) is 4.98 Å². The first-order chi connectivity index (χ1) is 21.1. The number of oxazole rings is 1. The minimum atomic E-state index is -0.620. The number of nitrogens with zero attached hydrogens (tertiary/aromatic N) is 4. The largest absolute Gasteiger partial charge is 0.478 e. The SMILES string of the molecule is CNc1ncc(-c2nc3cc(NC(=O)OC(C)(C)C)ccc3o2)c2cc(Nc3cccc(OCCCC(=O)OC)n3)ncc12. The molecule has 0 fully saturated rings. The fourth-order valence-corrected chi connectivity index (χ4v) is 4.31. The Bertz CT molecular complexity index is 1820. The Morgan fingerprint density at radius 1 is 0.977 bits per heavy atom. The number of fused-ring (bicyclic) bond motifs is 2. The predicted octanol–water partition coefficient (Wildman–Crippen LogP) is 6.30. The molecule has 13 nitrogen and oxygen atoms in total. The van der Waals surface area contributed by atoms with E-state index < -0.39 is 11.7 Å². The van der Waals surface area contributed by atoms with E-state index in [1.54, 1.807) is 70.5 Å². The molecule has 0 radical (unpaired) electrons. The van der Waals surface area contributed by atoms with Crippen molar-refractivity contribution in [3.05, 3.63) is 54.9 Å². The second-order valence-corrected chi connectivity index (χ2v) is 10.7. The molecule has 5 aromatic rings. The molecule has 0 saturated heterocycles. The van der Waals surface area contributed by atoms with Crippen LogP contribution >= 0.6 is 0 Å². The number of amides is 1. The summed E-state index contributed by atoms with van der Waals surface area (Å²) in [4.78, 5) is 41.8. The number of hydrogen-bond donors (Lipinski definition) is 3. The number of carbonyl (C=O) groups excluding carboxylic acids is 2. The maximum atomic E-state index is 12.2. The molecule has 1 aromatic carbocycles. The zero-order valence-corrected chi connectivity index (χ0v) is 25.1. The van der Waals surface area contributed by atoms with Crippen LogP contribution in [-0.4, -0.2) is 58.4 Å². The van der Waals surface area contributed by atoms with Crippen molar-refractivity contribution >= 4 is 57.1 Å². The number of ether oxygens (including phenoxy) is 3. The molecule has 0 atom stereocenters. The van der Waals surface area contributed by atoms with E-state index in [1.807, 2.05) is 12.1 Å². The van der Waals surface area contributed by atoms with Crippen molar-refractivity contribution in [2.24, 2.45) is 0 Å². The summed E-state index contributed by atoms with van der Waals surface area (Å²) in [7, 11) is 3.14. The van der Waals surface area contributed by atoms with Crippen molar-refractivity contribution in [3.63, 3.8) is 0 Å². The number of rotatable bonds is 10. The lowest BCUT2D eigenvalue weighted by molar-refractivity contribution is -0.140. The van der Waals surface area contributed by atoms with Crippen molar-refractivity contribution in [1.29, 1.82) is 0 Å². The van der Waals surface area contributed by atoms with E-state index in [2.05, 4.69) is 35.6 Å². The molecule has 228 valence electrons. The van der Waals surface area contributed by atoms with Crippen molar-refractivity contribution in [1.82, 2.24) is 19.9 Å². The summed E-state index contributed by atoms with van der Waals surface area (Å²) in [5.74, 6) is 2.18. The van der Waals surface area contributed by atoms with E-state index >= 15 is 0 Å². The normalized spacial score (nSPS) is 11.3. The van der Waals surface area contributed by atoms with Gasteiger partial charge in [-0.3, -0.25) is 10.1 Å². The third kappa shape index (κ3) is 7.30. The van der Waals surface area contributed by atoms with Gasteiger partial charge in [-0.05, 0) is 57.5 Å². The Kier molecular flexibility index (Phi) is 8.74. The summed E-state index contributed by atoms with van der Waals surface area (Å²) in [6.07, 6.45) is 3.62. The Balaban J connectivity index is 1.40. The molecule has 0 spiro atoms. The Morgan fingerprint density at radius 2 is 1.82 bits per heavy atom. The average molecular weight is 600 g/mol. The summed E-state index contributed by atoms with van der Waals surface area (Å²) in [6, 6.07) is 12.4. The second-order valence-electron chi connectivity index (χ2n) is 10.7. The number of esters is 1. The zero-order valence-electron chi connectivity index (χ0n) is 25.1. The molecule has 0 aliphatic rings. The van der Waals surface area contributed by atoms with Gasteiger partial charge < -0.3 is 29.3 Å². The number of pyridine rings is 3. The van der Waals surface area contributed by atoms with Gasteiger partial charge in [0.2, 0.25) is 11.8 Å². The van der Waals surface area contributed by atoms with E-state index in [0.29, 0.717) is 64.6 Å². The van der Waals surface area contributed by atoms with Gasteiger partial charge in [0.25, 0.3) is 0 Å². The summed E-state index contributed by atoms with van der Waals surface area (Å²) in [5.41, 5.74) is 1.65. The molecule has 4 heterocycles. The number of carbonyl (C=O) groups is 2. The molecular formula is C31H33N7O6. The smallest absolute Gasteiger partial charge is 0.412 e. The van der Waals surface area contributed by atoms with Gasteiger partial charge in [0, 0.05) is 48.4 Å². The molecular weight excluding hydrogens is 566 g/mol. The van der Waals surface area contributed by atoms with Crippen LogP contribution in [0.4, 0.5) is 27.9 Å². The molecule has 13 heteroatoms. The van der Waals surface area contributed by atoms with Crippen molar-refractivity contribution in [3.8, 4) is 17.3 Å². The first-order valence-electron chi connectivity index (χ1n) is 13.9. The van der Waals surface area contributed by atoms with Gasteiger partial charge in [0.15, 0.2) is 5.58 Å². The monoisotopic (exact) mass is 599 g/mol. The zero-order chi connectivity index (χ0) is 31.3. The minimum absolute atomic E-state index is 0.269. The highest BCUT2D eigenvalue weighted by Gasteiger charge is 2.18. The van der Waals surface area contributed by atoms with Crippen LogP contribution < -0.4 is 20.7 Å². The lowest BCUT2D eigenvalue weighted by Gasteiger charge is -2.19. The number of aromatic nitrogens is 4. The number of anilines is 4. The third-order valence-corrected chi connectivity index (χ3v) is 6.25. The van der Waals surface area contributed by atoms with E-state index in [9.17, 15) is 9.59 Å². The highest BCUT2D eigenvalue weighted by Crippen LogP contribution is 2.34. The molecule has 0 unspecified atom stereocenters. The van der Waals surface area contributed by atoms with Crippen LogP contribution in [0.5, 0.6) is 5.88 Å². The number of benzene rings is 1. The molecule has 4 aromatic heterocycles. The Hall–Kier alpha value is -5.46. The van der Waals surface area contributed by atoms with Crippen LogP contribution in [-0.2, 0) is 14.3 Å². The molecule has 1 amide bonds. The Labute approximate surface area is 253 Å². The second kappa shape index (κ2) is 12.8. The average Bonchev–Trinajstić information content (AvgIpc) is 3.41. The standard InChI is InChI=1S/C31H33N7O6/c1-31(2,3)44-30(40)35-18-11-12-23-22(14-18)36-29(43-23)21-17-34-28(32-4)20-16-33-25(15-19(20)21)37-24-8-6-9-26(38-24)42-13-7-10-27(39)41-5/h6,8-9,11-12,14-17H,7,10,13H2,1-5H3,(H,32,34)(H,35,40)(H,33,37,38). The van der Waals surface area contributed by atoms with E-state index in [0.717, 1.165) is 10.8 Å². The quantitative estimate of drug-likeness (QED) is 0.121. The van der Waals surface area contributed by atoms with E-state index in [1.165, 1.54) is 7.11 Å². The van der Waals surface area contributed by atoms with E-state index in [4.69, 9.17) is 18.9 Å². The summed E-state index contributed by atoms with van der Waals surface area (Å²) >= 11 is 0. The van der Waals surface area contributed by atoms with Gasteiger partial charge in [-0.15, -0.1) is 0 Å². The molecule has 0 saturated carbocycles. The van der Waals surface area contributed by atoms with Gasteiger partial charge in [0.1, 0.15) is 28.6 Å². The number of hydrogen-bond acceptors (Lipinski definition) is 12. The highest BCUT2D eigenvalue weighted by atomic mass is 16.6. The number of nitrogens with one attached hydrogen (secondary N) is 3. The fourth-order valence-electron chi connectivity index (χ4n) is 4.31. The molecule has 0 aliphatic carbocycles. The Morgan fingerprint density at radius 3 is 2.59 bits per heavy atom. The van der Waals surface area contributed by atoms with E-state index in [-0.39, 0.29) is 12.4 Å². The van der Waals surface area contributed by atoms with Gasteiger partial charge >= 0.3 is 12.1 Å². The summed E-state index contributed by atoms with van der Waals surface area (Å²) in [5, 5.41) is 10.6. The van der Waals surface area contributed by atoms with Crippen LogP contribution in [0.25, 0.3) is 33.3 Å². The third-order valence-electron chi connectivity index (χ3n) is 6.25. The van der Waals surface area contributed by atoms with Crippen LogP contribution in [0.1, 0.15) is 33.6 Å². The molecule has 3 N–H and O–H groups in total. The first kappa shape index (κ1) is 30.0. The van der Waals surface area contributed by atoms with Crippen LogP contribution in [0, 0.1) is 0 Å². The molecule has 0 bridgehead atoms. The van der Waals surface area contributed by atoms with Gasteiger partial charge in [-0.25, -0.2) is 19.7 Å². The molecule has 5 rings (SSSR count). The van der Waals surface area contributed by atoms with Gasteiger partial charge in [0.05, 0.1) is 19.3 Å². The van der Waals surface area contributed by atoms with Gasteiger partial charge in [-0.1, -0.05) is 6.07 Å². The fraction of sp³-hybridized carbons (Fsp3) is 0.290. The summed E-state index contributed by atoms with van der Waals surface area (Å²) < 4.78 is 21.8. The maximum absolute atomic E-state index is 12.2. The summed E-state index contributed by atoms with van der Waals surface area (Å²) in [6.45, 7) is 5.72. The maximum Gasteiger partial charge on any atom is 0.412 e. The molecule has 0 aliphatic heterocycles. The van der Waals surface area contributed by atoms with Crippen molar-refractivity contribution in [2.75, 3.05) is 36.7 Å². The molecule has 44 heavy (non-hydrogen) atoms. The topological polar surface area (TPSA) is 163 Å². The van der Waals surface area contributed by atoms with Crippen molar-refractivity contribution < 1.29 is 28.2 Å². The lowest BCUT2D eigenvalue weighted by atomic mass is 10.1. The first-order valence-corrected chi connectivity index (χ1v) is 13.9. The predicted molar refractivity (Wildman–Crippen MR) is 166 cm³/mol.